The molecule has 1 aliphatic heterocycles. The van der Waals surface area contributed by atoms with Gasteiger partial charge in [-0.2, -0.15) is 0 Å². The number of ether oxygens (including phenoxy) is 1. The van der Waals surface area contributed by atoms with Crippen molar-refractivity contribution in [3.8, 4) is 11.4 Å². The van der Waals surface area contributed by atoms with E-state index in [1.54, 1.807) is 54.5 Å². The lowest BCUT2D eigenvalue weighted by Gasteiger charge is -2.25. The lowest BCUT2D eigenvalue weighted by molar-refractivity contribution is -0.129. The molecule has 1 N–H and O–H groups in total. The van der Waals surface area contributed by atoms with Gasteiger partial charge in [0.05, 0.1) is 24.7 Å². The van der Waals surface area contributed by atoms with Crippen molar-refractivity contribution in [3.63, 3.8) is 0 Å². The first kappa shape index (κ1) is 26.1. The lowest BCUT2D eigenvalue weighted by Crippen LogP contribution is -2.41. The molecule has 0 radical (unpaired) electrons. The number of aromatic nitrogens is 2. The van der Waals surface area contributed by atoms with Crippen LogP contribution in [0.3, 0.4) is 0 Å². The van der Waals surface area contributed by atoms with E-state index < -0.39 is 17.2 Å². The Morgan fingerprint density at radius 1 is 1.05 bits per heavy atom. The Kier molecular flexibility index (Phi) is 6.92. The molecule has 200 valence electrons. The first-order valence-electron chi connectivity index (χ1n) is 12.3. The largest absolute Gasteiger partial charge is 0.497 e. The van der Waals surface area contributed by atoms with E-state index in [-0.39, 0.29) is 23.9 Å². The molecular weight excluding hydrogens is 520 g/mol. The van der Waals surface area contributed by atoms with Crippen LogP contribution in [0.1, 0.15) is 34.6 Å². The van der Waals surface area contributed by atoms with E-state index in [1.807, 2.05) is 0 Å². The number of carbonyl (C=O) groups excluding carboxylic acids is 3. The number of fused-ring (bicyclic) bond motifs is 3. The van der Waals surface area contributed by atoms with Crippen LogP contribution >= 0.6 is 11.3 Å². The standard InChI is InChI=1S/C28H26N4O6S/c1-16(33)18-5-4-6-20(13-18)32-26(36)25-22-11-12-30(17(2)34)14-23(22)39-27(25)31(28(32)37)15-24(35)29-19-7-9-21(38-3)10-8-19/h4-10,13H,11-12,14-15H2,1-3H3,(H,29,35). The monoisotopic (exact) mass is 546 g/mol. The normalized spacial score (nSPS) is 12.7. The summed E-state index contributed by atoms with van der Waals surface area (Å²) in [4.78, 5) is 67.7. The van der Waals surface area contributed by atoms with Gasteiger partial charge >= 0.3 is 5.69 Å². The van der Waals surface area contributed by atoms with Crippen LogP contribution in [-0.2, 0) is 29.1 Å². The number of thiophene rings is 1. The zero-order chi connectivity index (χ0) is 27.8. The van der Waals surface area contributed by atoms with Crippen LogP contribution in [0.4, 0.5) is 5.69 Å². The minimum Gasteiger partial charge on any atom is -0.497 e. The molecule has 0 saturated heterocycles. The molecule has 0 aliphatic carbocycles. The second kappa shape index (κ2) is 10.3. The number of carbonyl (C=O) groups is 3. The molecule has 39 heavy (non-hydrogen) atoms. The van der Waals surface area contributed by atoms with Crippen molar-refractivity contribution in [2.45, 2.75) is 33.4 Å². The fourth-order valence-electron chi connectivity index (χ4n) is 4.72. The molecule has 2 amide bonds. The third-order valence-corrected chi connectivity index (χ3v) is 7.99. The van der Waals surface area contributed by atoms with Crippen molar-refractivity contribution < 1.29 is 19.1 Å². The van der Waals surface area contributed by atoms with Crippen LogP contribution in [0.5, 0.6) is 5.75 Å². The highest BCUT2D eigenvalue weighted by Crippen LogP contribution is 2.33. The van der Waals surface area contributed by atoms with Gasteiger partial charge in [0.15, 0.2) is 5.78 Å². The zero-order valence-electron chi connectivity index (χ0n) is 21.6. The van der Waals surface area contributed by atoms with E-state index in [0.717, 1.165) is 15.0 Å². The first-order chi connectivity index (χ1) is 18.7. The number of Topliss-reactive ketones (excluding diaryl/α,β-unsaturated/α-hetero) is 1. The number of rotatable bonds is 6. The highest BCUT2D eigenvalue weighted by atomic mass is 32.1. The summed E-state index contributed by atoms with van der Waals surface area (Å²) >= 11 is 1.25. The third-order valence-electron chi connectivity index (χ3n) is 6.75. The molecule has 0 bridgehead atoms. The zero-order valence-corrected chi connectivity index (χ0v) is 22.5. The Labute approximate surface area is 227 Å². The summed E-state index contributed by atoms with van der Waals surface area (Å²) in [7, 11) is 1.54. The Morgan fingerprint density at radius 3 is 2.46 bits per heavy atom. The smallest absolute Gasteiger partial charge is 0.337 e. The molecule has 5 rings (SSSR count). The van der Waals surface area contributed by atoms with Crippen LogP contribution in [0.25, 0.3) is 15.9 Å². The lowest BCUT2D eigenvalue weighted by atomic mass is 10.1. The summed E-state index contributed by atoms with van der Waals surface area (Å²) in [6.45, 7) is 3.33. The molecule has 0 atom stereocenters. The van der Waals surface area contributed by atoms with Crippen LogP contribution in [0, 0.1) is 0 Å². The van der Waals surface area contributed by atoms with Crippen molar-refractivity contribution in [3.05, 3.63) is 85.4 Å². The number of hydrogen-bond donors (Lipinski definition) is 1. The van der Waals surface area contributed by atoms with Gasteiger partial charge < -0.3 is 15.0 Å². The molecule has 0 spiro atoms. The summed E-state index contributed by atoms with van der Waals surface area (Å²) in [6, 6.07) is 13.1. The molecule has 0 saturated carbocycles. The van der Waals surface area contributed by atoms with E-state index >= 15 is 0 Å². The van der Waals surface area contributed by atoms with Gasteiger partial charge in [0.25, 0.3) is 5.56 Å². The molecular formula is C28H26N4O6S. The molecule has 11 heteroatoms. The van der Waals surface area contributed by atoms with Gasteiger partial charge in [0.2, 0.25) is 11.8 Å². The molecule has 4 aromatic rings. The molecule has 2 aromatic heterocycles. The maximum absolute atomic E-state index is 13.8. The maximum atomic E-state index is 13.8. The van der Waals surface area contributed by atoms with E-state index in [4.69, 9.17) is 4.74 Å². The van der Waals surface area contributed by atoms with Crippen molar-refractivity contribution in [2.24, 2.45) is 0 Å². The number of anilines is 1. The number of nitrogens with zero attached hydrogens (tertiary/aromatic N) is 3. The number of nitrogens with one attached hydrogen (secondary N) is 1. The molecule has 0 fully saturated rings. The van der Waals surface area contributed by atoms with Crippen molar-refractivity contribution in [1.82, 2.24) is 14.0 Å². The average Bonchev–Trinajstić information content (AvgIpc) is 3.30. The Morgan fingerprint density at radius 2 is 1.79 bits per heavy atom. The van der Waals surface area contributed by atoms with E-state index in [1.165, 1.54) is 35.8 Å². The maximum Gasteiger partial charge on any atom is 0.337 e. The number of ketones is 1. The van der Waals surface area contributed by atoms with Gasteiger partial charge in [0.1, 0.15) is 17.1 Å². The third kappa shape index (κ3) is 4.88. The molecule has 3 heterocycles. The average molecular weight is 547 g/mol. The second-order valence-corrected chi connectivity index (χ2v) is 10.4. The molecule has 2 aromatic carbocycles. The highest BCUT2D eigenvalue weighted by Gasteiger charge is 2.28. The minimum atomic E-state index is -0.694. The van der Waals surface area contributed by atoms with E-state index in [2.05, 4.69) is 5.32 Å². The van der Waals surface area contributed by atoms with Gasteiger partial charge in [-0.05, 0) is 55.3 Å². The fourth-order valence-corrected chi connectivity index (χ4v) is 6.07. The summed E-state index contributed by atoms with van der Waals surface area (Å²) in [5, 5.41) is 3.13. The number of methoxy groups -OCH3 is 1. The Balaban J connectivity index is 1.66. The Bertz CT molecular complexity index is 1750. The fraction of sp³-hybridized carbons (Fsp3) is 0.250. The van der Waals surface area contributed by atoms with Gasteiger partial charge in [-0.1, -0.05) is 12.1 Å². The van der Waals surface area contributed by atoms with Gasteiger partial charge in [0, 0.05) is 29.6 Å². The Hall–Kier alpha value is -4.51. The van der Waals surface area contributed by atoms with Crippen LogP contribution in [-0.4, -0.2) is 45.3 Å². The number of amides is 2. The summed E-state index contributed by atoms with van der Waals surface area (Å²) in [6.07, 6.45) is 0.452. The van der Waals surface area contributed by atoms with Crippen LogP contribution in [0.15, 0.2) is 58.1 Å². The van der Waals surface area contributed by atoms with Gasteiger partial charge in [-0.3, -0.25) is 23.7 Å². The molecule has 1 aliphatic rings. The summed E-state index contributed by atoms with van der Waals surface area (Å²) in [5.41, 5.74) is 0.682. The SMILES string of the molecule is COc1ccc(NC(=O)Cn2c(=O)n(-c3cccc(C(C)=O)c3)c(=O)c3c4c(sc32)CN(C(C)=O)CC4)cc1. The van der Waals surface area contributed by atoms with Crippen LogP contribution in [0.2, 0.25) is 0 Å². The summed E-state index contributed by atoms with van der Waals surface area (Å²) in [5.74, 6) is -0.104. The van der Waals surface area contributed by atoms with Crippen molar-refractivity contribution in [2.75, 3.05) is 19.0 Å². The van der Waals surface area contributed by atoms with Crippen molar-refractivity contribution >= 4 is 44.8 Å². The second-order valence-electron chi connectivity index (χ2n) is 9.27. The highest BCUT2D eigenvalue weighted by molar-refractivity contribution is 7.18. The first-order valence-corrected chi connectivity index (χ1v) is 13.1. The van der Waals surface area contributed by atoms with Crippen molar-refractivity contribution in [1.29, 1.82) is 0 Å². The van der Waals surface area contributed by atoms with Gasteiger partial charge in [-0.25, -0.2) is 9.36 Å². The van der Waals surface area contributed by atoms with Crippen LogP contribution < -0.4 is 21.3 Å². The topological polar surface area (TPSA) is 120 Å². The number of hydrogen-bond acceptors (Lipinski definition) is 7. The van der Waals surface area contributed by atoms with E-state index in [9.17, 15) is 24.0 Å². The van der Waals surface area contributed by atoms with Gasteiger partial charge in [-0.15, -0.1) is 11.3 Å². The molecule has 10 nitrogen and oxygen atoms in total. The predicted molar refractivity (Wildman–Crippen MR) is 148 cm³/mol. The summed E-state index contributed by atoms with van der Waals surface area (Å²) < 4.78 is 7.45. The number of benzene rings is 2. The minimum absolute atomic E-state index is 0.0761. The predicted octanol–water partition coefficient (Wildman–Crippen LogP) is 2.97. The van der Waals surface area contributed by atoms with E-state index in [0.29, 0.717) is 46.7 Å². The molecule has 0 unspecified atom stereocenters. The quantitative estimate of drug-likeness (QED) is 0.372.